The quantitative estimate of drug-likeness (QED) is 0.0484. The predicted octanol–water partition coefficient (Wildman–Crippen LogP) is -2.83. The fourth-order valence-electron chi connectivity index (χ4n) is 4.29. The van der Waals surface area contributed by atoms with Crippen molar-refractivity contribution in [2.75, 3.05) is 9.96 Å². The van der Waals surface area contributed by atoms with Crippen molar-refractivity contribution in [2.24, 2.45) is 0 Å². The lowest BCUT2D eigenvalue weighted by molar-refractivity contribution is -0.396. The molecule has 22 heteroatoms. The number of aromatic nitrogens is 3. The van der Waals surface area contributed by atoms with E-state index >= 15 is 0 Å². The second-order valence-electron chi connectivity index (χ2n) is 9.68. The molecular weight excluding hydrogens is 651 g/mol. The maximum Gasteiger partial charge on any atom is 0.416 e. The summed E-state index contributed by atoms with van der Waals surface area (Å²) in [5.41, 5.74) is -5.07. The van der Waals surface area contributed by atoms with Crippen LogP contribution in [0.2, 0.25) is 0 Å². The van der Waals surface area contributed by atoms with Crippen molar-refractivity contribution in [1.82, 2.24) is 14.4 Å². The Morgan fingerprint density at radius 2 is 1.28 bits per heavy atom. The average Bonchev–Trinajstić information content (AvgIpc) is 3.43. The number of amides is 1. The van der Waals surface area contributed by atoms with Gasteiger partial charge < -0.3 is 56.2 Å². The molecule has 0 saturated carbocycles. The fraction of sp³-hybridized carbons (Fsp3) is 0.200. The van der Waals surface area contributed by atoms with E-state index in [0.717, 1.165) is 48.8 Å². The molecular formula is C25H22F3N5O14. The zero-order valence-corrected chi connectivity index (χ0v) is 22.8. The molecule has 0 radical (unpaired) electrons. The first-order valence-electron chi connectivity index (χ1n) is 12.4. The summed E-state index contributed by atoms with van der Waals surface area (Å²) in [5.74, 6) is -14.4. The molecule has 47 heavy (non-hydrogen) atoms. The van der Waals surface area contributed by atoms with Crippen molar-refractivity contribution >= 4 is 29.0 Å². The number of carboxylic acids is 1. The zero-order chi connectivity index (χ0) is 35.5. The van der Waals surface area contributed by atoms with Gasteiger partial charge in [0.05, 0.1) is 11.3 Å². The topological polar surface area (TPSA) is 314 Å². The van der Waals surface area contributed by atoms with Crippen molar-refractivity contribution in [3.8, 4) is 0 Å². The third-order valence-corrected chi connectivity index (χ3v) is 6.46. The number of hydrogen-bond donors (Lipinski definition) is 12. The lowest BCUT2D eigenvalue weighted by Crippen LogP contribution is -2.63. The van der Waals surface area contributed by atoms with Gasteiger partial charge in [-0.15, -0.1) is 0 Å². The van der Waals surface area contributed by atoms with Gasteiger partial charge in [-0.3, -0.25) is 14.4 Å². The summed E-state index contributed by atoms with van der Waals surface area (Å²) in [7, 11) is 0. The number of benzene rings is 2. The second-order valence-corrected chi connectivity index (χ2v) is 9.68. The smallest absolute Gasteiger partial charge is 0.416 e. The van der Waals surface area contributed by atoms with E-state index in [1.807, 2.05) is 0 Å². The minimum Gasteiger partial charge on any atom is -0.477 e. The van der Waals surface area contributed by atoms with Crippen molar-refractivity contribution in [2.45, 2.75) is 29.9 Å². The molecule has 2 heterocycles. The van der Waals surface area contributed by atoms with Gasteiger partial charge in [-0.25, -0.2) is 19.7 Å². The highest BCUT2D eigenvalue weighted by Crippen LogP contribution is 2.39. The molecule has 19 nitrogen and oxygen atoms in total. The van der Waals surface area contributed by atoms with E-state index in [0.29, 0.717) is 16.5 Å². The summed E-state index contributed by atoms with van der Waals surface area (Å²) in [6.07, 6.45) is -12.3. The van der Waals surface area contributed by atoms with Crippen LogP contribution < -0.4 is 9.96 Å². The maximum absolute atomic E-state index is 12.8. The molecule has 1 amide bonds. The molecule has 0 aliphatic heterocycles. The fourth-order valence-corrected chi connectivity index (χ4v) is 4.29. The Morgan fingerprint density at radius 3 is 1.74 bits per heavy atom. The Hall–Kier alpha value is -4.85. The number of rotatable bonds is 9. The van der Waals surface area contributed by atoms with E-state index in [1.165, 1.54) is 0 Å². The van der Waals surface area contributed by atoms with Crippen LogP contribution in [-0.2, 0) is 22.5 Å². The summed E-state index contributed by atoms with van der Waals surface area (Å²) in [5, 5.41) is 121. The maximum atomic E-state index is 12.8. The van der Waals surface area contributed by atoms with Gasteiger partial charge in [0, 0.05) is 23.5 Å². The van der Waals surface area contributed by atoms with Crippen LogP contribution in [0.1, 0.15) is 32.9 Å². The van der Waals surface area contributed by atoms with Crippen LogP contribution >= 0.6 is 0 Å². The molecule has 252 valence electrons. The highest BCUT2D eigenvalue weighted by molar-refractivity contribution is 6.04. The summed E-state index contributed by atoms with van der Waals surface area (Å²) in [4.78, 5) is 30.3. The van der Waals surface area contributed by atoms with Gasteiger partial charge in [0.1, 0.15) is 5.56 Å². The first kappa shape index (κ1) is 35.0. The van der Waals surface area contributed by atoms with Gasteiger partial charge >= 0.3 is 24.3 Å². The Labute approximate surface area is 256 Å². The van der Waals surface area contributed by atoms with Crippen LogP contribution in [0.5, 0.6) is 0 Å². The number of hydroxylamine groups is 1. The minimum absolute atomic E-state index is 0.000540. The number of carbonyl (C=O) groups excluding carboxylic acids is 1. The van der Waals surface area contributed by atoms with Crippen molar-refractivity contribution in [3.63, 3.8) is 0 Å². The summed E-state index contributed by atoms with van der Waals surface area (Å²) in [6.45, 7) is 0. The molecule has 0 fully saturated rings. The number of aliphatic hydroxyl groups is 10. The zero-order valence-electron chi connectivity index (χ0n) is 22.8. The number of hydrogen-bond acceptors (Lipinski definition) is 16. The van der Waals surface area contributed by atoms with Gasteiger partial charge in [0.15, 0.2) is 17.3 Å². The van der Waals surface area contributed by atoms with Gasteiger partial charge in [-0.1, -0.05) is 12.1 Å². The Morgan fingerprint density at radius 1 is 0.766 bits per heavy atom. The summed E-state index contributed by atoms with van der Waals surface area (Å²) in [6, 6.07) is 6.21. The van der Waals surface area contributed by atoms with Crippen LogP contribution in [0, 0.1) is 0 Å². The Kier molecular flexibility index (Phi) is 8.52. The first-order valence-corrected chi connectivity index (χ1v) is 12.4. The number of aliphatic carboxylic acids is 1. The molecule has 2 aromatic heterocycles. The van der Waals surface area contributed by atoms with Gasteiger partial charge in [0.25, 0.3) is 17.5 Å². The number of anilines is 2. The standard InChI is InChI=1S/C25H22F3N5O14/c26-23(27,28)13-3-1-11(2-4-13)18(34)32(47)14-7-5-12(6-8-14)21(37,38)19-30-17(33(24(41,42)43)25(44,45)46)15(22(39,40)20(35)36)16-29-9-10-31(16)19/h1-10,37-47H,(H,35,36). The van der Waals surface area contributed by atoms with Crippen molar-refractivity contribution in [1.29, 1.82) is 0 Å². The van der Waals surface area contributed by atoms with Crippen molar-refractivity contribution in [3.05, 3.63) is 89.0 Å². The van der Waals surface area contributed by atoms with Gasteiger partial charge in [0.2, 0.25) is 0 Å². The molecule has 4 aromatic rings. The number of alkyl halides is 3. The number of carboxylic acid groups (broad SMARTS) is 1. The van der Waals surface area contributed by atoms with E-state index in [2.05, 4.69) is 9.97 Å². The molecule has 0 atom stereocenters. The monoisotopic (exact) mass is 673 g/mol. The molecule has 0 aliphatic carbocycles. The number of carbonyl (C=O) groups is 2. The summed E-state index contributed by atoms with van der Waals surface area (Å²) < 4.78 is 39.0. The van der Waals surface area contributed by atoms with Crippen LogP contribution in [0.25, 0.3) is 5.65 Å². The third kappa shape index (κ3) is 6.42. The van der Waals surface area contributed by atoms with Crippen LogP contribution in [0.3, 0.4) is 0 Å². The SMILES string of the molecule is O=C(c1ccc(C(F)(F)F)cc1)N(O)c1ccc(C(O)(O)c2nc(N(C(O)(O)O)C(O)(O)O)c(C(O)(O)C(=O)O)c3nccn23)cc1. The largest absolute Gasteiger partial charge is 0.477 e. The van der Waals surface area contributed by atoms with Gasteiger partial charge in [-0.05, 0) is 36.4 Å². The van der Waals surface area contributed by atoms with Crippen LogP contribution in [0.15, 0.2) is 60.9 Å². The molecule has 0 aliphatic rings. The van der Waals surface area contributed by atoms with Crippen LogP contribution in [0.4, 0.5) is 24.7 Å². The lowest BCUT2D eigenvalue weighted by atomic mass is 10.0. The number of nitrogens with zero attached hydrogens (tertiary/aromatic N) is 5. The number of fused-ring (bicyclic) bond motifs is 1. The lowest BCUT2D eigenvalue weighted by Gasteiger charge is -2.38. The molecule has 0 saturated heterocycles. The number of imidazole rings is 1. The van der Waals surface area contributed by atoms with Crippen molar-refractivity contribution < 1.29 is 84.1 Å². The van der Waals surface area contributed by atoms with E-state index in [1.54, 1.807) is 0 Å². The molecule has 0 spiro atoms. The van der Waals surface area contributed by atoms with E-state index in [-0.39, 0.29) is 16.3 Å². The molecule has 4 rings (SSSR count). The normalized spacial score (nSPS) is 13.1. The Bertz CT molecular complexity index is 1800. The van der Waals surface area contributed by atoms with E-state index in [9.17, 15) is 84.1 Å². The first-order chi connectivity index (χ1) is 21.4. The number of halogens is 3. The van der Waals surface area contributed by atoms with Crippen LogP contribution in [-0.4, -0.2) is 99.8 Å². The molecule has 12 N–H and O–H groups in total. The predicted molar refractivity (Wildman–Crippen MR) is 140 cm³/mol. The highest BCUT2D eigenvalue weighted by atomic mass is 19.4. The van der Waals surface area contributed by atoms with Gasteiger partial charge in [-0.2, -0.15) is 18.2 Å². The molecule has 2 aromatic carbocycles. The minimum atomic E-state index is -4.70. The third-order valence-electron chi connectivity index (χ3n) is 6.46. The highest BCUT2D eigenvalue weighted by Gasteiger charge is 2.52. The Balaban J connectivity index is 1.83. The molecule has 0 bridgehead atoms. The molecule has 0 unspecified atom stereocenters. The summed E-state index contributed by atoms with van der Waals surface area (Å²) >= 11 is 0. The average molecular weight is 673 g/mol. The van der Waals surface area contributed by atoms with E-state index < -0.39 is 80.7 Å². The second kappa shape index (κ2) is 11.4. The van der Waals surface area contributed by atoms with E-state index in [4.69, 9.17) is 0 Å².